The molecule has 1 saturated heterocycles. The Morgan fingerprint density at radius 2 is 1.85 bits per heavy atom. The molecule has 0 aromatic heterocycles. The number of epoxide rings is 1. The molecule has 0 spiro atoms. The summed E-state index contributed by atoms with van der Waals surface area (Å²) >= 11 is 0. The number of aliphatic hydroxyl groups excluding tert-OH is 1. The van der Waals surface area contributed by atoms with Gasteiger partial charge in [0.15, 0.2) is 0 Å². The number of rotatable bonds is 8. The fraction of sp³-hybridized carbons (Fsp3) is 0.952. The van der Waals surface area contributed by atoms with Crippen LogP contribution < -0.4 is 5.32 Å². The molecule has 0 radical (unpaired) electrons. The SMILES string of the molecule is CC(C)[C@H](C[C@H](O)[C@H](CC1CCCCC1)NC(=O)OC(C)(C)C)C1CO1. The van der Waals surface area contributed by atoms with Crippen molar-refractivity contribution in [2.75, 3.05) is 6.61 Å². The van der Waals surface area contributed by atoms with Gasteiger partial charge in [-0.15, -0.1) is 0 Å². The lowest BCUT2D eigenvalue weighted by Crippen LogP contribution is -2.47. The van der Waals surface area contributed by atoms with E-state index < -0.39 is 17.8 Å². The molecule has 1 amide bonds. The summed E-state index contributed by atoms with van der Waals surface area (Å²) in [7, 11) is 0. The molecule has 0 aromatic carbocycles. The van der Waals surface area contributed by atoms with Crippen LogP contribution in [0.3, 0.4) is 0 Å². The van der Waals surface area contributed by atoms with E-state index in [4.69, 9.17) is 9.47 Å². The Balaban J connectivity index is 1.98. The maximum absolute atomic E-state index is 12.3. The van der Waals surface area contributed by atoms with Gasteiger partial charge >= 0.3 is 6.09 Å². The van der Waals surface area contributed by atoms with Crippen molar-refractivity contribution in [2.24, 2.45) is 17.8 Å². The van der Waals surface area contributed by atoms with Crippen LogP contribution in [0.15, 0.2) is 0 Å². The highest BCUT2D eigenvalue weighted by Crippen LogP contribution is 2.33. The largest absolute Gasteiger partial charge is 0.444 e. The molecule has 2 N–H and O–H groups in total. The Morgan fingerprint density at radius 3 is 2.35 bits per heavy atom. The lowest BCUT2D eigenvalue weighted by molar-refractivity contribution is 0.0324. The summed E-state index contributed by atoms with van der Waals surface area (Å²) in [6.45, 7) is 10.7. The van der Waals surface area contributed by atoms with E-state index in [0.717, 1.165) is 13.0 Å². The van der Waals surface area contributed by atoms with Crippen LogP contribution in [-0.2, 0) is 9.47 Å². The first kappa shape index (κ1) is 21.5. The predicted octanol–water partition coefficient (Wildman–Crippen LogP) is 4.27. The van der Waals surface area contributed by atoms with Crippen molar-refractivity contribution in [2.45, 2.75) is 103 Å². The van der Waals surface area contributed by atoms with Crippen LogP contribution in [0.1, 0.15) is 79.6 Å². The van der Waals surface area contributed by atoms with Crippen LogP contribution in [0.5, 0.6) is 0 Å². The number of alkyl carbamates (subject to hydrolysis) is 1. The Labute approximate surface area is 159 Å². The molecule has 1 aliphatic heterocycles. The summed E-state index contributed by atoms with van der Waals surface area (Å²) in [6, 6.07) is -0.257. The van der Waals surface area contributed by atoms with Crippen molar-refractivity contribution in [1.29, 1.82) is 0 Å². The van der Waals surface area contributed by atoms with Gasteiger partial charge in [0.1, 0.15) is 5.60 Å². The normalized spacial score (nSPS) is 24.8. The van der Waals surface area contributed by atoms with Crippen LogP contribution in [-0.4, -0.2) is 41.7 Å². The predicted molar refractivity (Wildman–Crippen MR) is 103 cm³/mol. The molecule has 4 atom stereocenters. The second kappa shape index (κ2) is 9.41. The first-order valence-electron chi connectivity index (χ1n) is 10.4. The fourth-order valence-corrected chi connectivity index (χ4v) is 4.15. The van der Waals surface area contributed by atoms with E-state index in [1.165, 1.54) is 32.1 Å². The Bertz CT molecular complexity index is 434. The maximum Gasteiger partial charge on any atom is 0.407 e. The number of ether oxygens (including phenoxy) is 2. The highest BCUT2D eigenvalue weighted by atomic mass is 16.6. The van der Waals surface area contributed by atoms with E-state index in [1.54, 1.807) is 0 Å². The summed E-state index contributed by atoms with van der Waals surface area (Å²) in [5.74, 6) is 1.36. The third kappa shape index (κ3) is 7.43. The second-order valence-electron chi connectivity index (χ2n) is 9.58. The van der Waals surface area contributed by atoms with Crippen LogP contribution in [0.2, 0.25) is 0 Å². The highest BCUT2D eigenvalue weighted by molar-refractivity contribution is 5.68. The van der Waals surface area contributed by atoms with Crippen molar-refractivity contribution in [3.05, 3.63) is 0 Å². The topological polar surface area (TPSA) is 71.1 Å². The van der Waals surface area contributed by atoms with Gasteiger partial charge in [0, 0.05) is 0 Å². The standard InChI is InChI=1S/C21H39NO4/c1-14(2)16(19-13-25-19)12-18(23)17(11-15-9-7-6-8-10-15)22-20(24)26-21(3,4)5/h14-19,23H,6-13H2,1-5H3,(H,22,24)/t16-,17-,18-,19?/m0/s1. The Hall–Kier alpha value is -0.810. The smallest absolute Gasteiger partial charge is 0.407 e. The Morgan fingerprint density at radius 1 is 1.23 bits per heavy atom. The molecule has 152 valence electrons. The zero-order chi connectivity index (χ0) is 19.3. The lowest BCUT2D eigenvalue weighted by atomic mass is 9.80. The first-order valence-corrected chi connectivity index (χ1v) is 10.4. The molecule has 1 unspecified atom stereocenters. The molecule has 5 nitrogen and oxygen atoms in total. The van der Waals surface area contributed by atoms with Gasteiger partial charge in [0.05, 0.1) is 24.9 Å². The van der Waals surface area contributed by atoms with Crippen LogP contribution in [0.4, 0.5) is 4.79 Å². The highest BCUT2D eigenvalue weighted by Gasteiger charge is 2.38. The van der Waals surface area contributed by atoms with Crippen LogP contribution in [0.25, 0.3) is 0 Å². The molecule has 1 aliphatic carbocycles. The van der Waals surface area contributed by atoms with E-state index in [9.17, 15) is 9.90 Å². The summed E-state index contributed by atoms with van der Waals surface area (Å²) in [6.07, 6.45) is 6.96. The van der Waals surface area contributed by atoms with Gasteiger partial charge in [-0.05, 0) is 51.4 Å². The summed E-state index contributed by atoms with van der Waals surface area (Å²) in [5, 5.41) is 13.9. The quantitative estimate of drug-likeness (QED) is 0.627. The van der Waals surface area contributed by atoms with Crippen molar-refractivity contribution in [3.63, 3.8) is 0 Å². The summed E-state index contributed by atoms with van der Waals surface area (Å²) in [4.78, 5) is 12.3. The van der Waals surface area contributed by atoms with E-state index in [-0.39, 0.29) is 12.1 Å². The number of carbonyl (C=O) groups is 1. The molecule has 2 aliphatic rings. The van der Waals surface area contributed by atoms with Gasteiger partial charge in [0.25, 0.3) is 0 Å². The van der Waals surface area contributed by atoms with Gasteiger partial charge in [-0.2, -0.15) is 0 Å². The number of carbonyl (C=O) groups excluding carboxylic acids is 1. The number of hydrogen-bond donors (Lipinski definition) is 2. The number of aliphatic hydroxyl groups is 1. The summed E-state index contributed by atoms with van der Waals surface area (Å²) < 4.78 is 10.9. The molecule has 1 saturated carbocycles. The average Bonchev–Trinajstić information content (AvgIpc) is 3.35. The van der Waals surface area contributed by atoms with Crippen LogP contribution in [0, 0.1) is 17.8 Å². The molecular formula is C21H39NO4. The van der Waals surface area contributed by atoms with Crippen molar-refractivity contribution >= 4 is 6.09 Å². The number of amides is 1. The van der Waals surface area contributed by atoms with Crippen molar-refractivity contribution in [1.82, 2.24) is 5.32 Å². The monoisotopic (exact) mass is 369 g/mol. The van der Waals surface area contributed by atoms with Gasteiger partial charge in [0.2, 0.25) is 0 Å². The number of hydrogen-bond acceptors (Lipinski definition) is 4. The third-order valence-corrected chi connectivity index (χ3v) is 5.69. The molecule has 1 heterocycles. The van der Waals surface area contributed by atoms with E-state index in [0.29, 0.717) is 24.2 Å². The fourth-order valence-electron chi connectivity index (χ4n) is 4.15. The minimum absolute atomic E-state index is 0.257. The second-order valence-corrected chi connectivity index (χ2v) is 9.58. The molecule has 5 heteroatoms. The number of nitrogens with one attached hydrogen (secondary N) is 1. The molecule has 2 fully saturated rings. The Kier molecular flexibility index (Phi) is 7.77. The molecule has 26 heavy (non-hydrogen) atoms. The third-order valence-electron chi connectivity index (χ3n) is 5.69. The molecular weight excluding hydrogens is 330 g/mol. The first-order chi connectivity index (χ1) is 12.2. The van der Waals surface area contributed by atoms with Gasteiger partial charge in [-0.1, -0.05) is 46.0 Å². The van der Waals surface area contributed by atoms with Gasteiger partial charge in [-0.3, -0.25) is 0 Å². The molecule has 0 bridgehead atoms. The van der Waals surface area contributed by atoms with E-state index in [2.05, 4.69) is 19.2 Å². The van der Waals surface area contributed by atoms with E-state index >= 15 is 0 Å². The van der Waals surface area contributed by atoms with E-state index in [1.807, 2.05) is 20.8 Å². The van der Waals surface area contributed by atoms with Gasteiger partial charge in [-0.25, -0.2) is 4.79 Å². The zero-order valence-corrected chi connectivity index (χ0v) is 17.3. The van der Waals surface area contributed by atoms with Gasteiger partial charge < -0.3 is 19.9 Å². The minimum Gasteiger partial charge on any atom is -0.444 e. The lowest BCUT2D eigenvalue weighted by Gasteiger charge is -2.33. The summed E-state index contributed by atoms with van der Waals surface area (Å²) in [5.41, 5.74) is -0.535. The average molecular weight is 370 g/mol. The minimum atomic E-state index is -0.568. The van der Waals surface area contributed by atoms with Crippen molar-refractivity contribution in [3.8, 4) is 0 Å². The molecule has 0 aromatic rings. The molecule has 2 rings (SSSR count). The van der Waals surface area contributed by atoms with Crippen LogP contribution >= 0.6 is 0 Å². The zero-order valence-electron chi connectivity index (χ0n) is 17.3. The van der Waals surface area contributed by atoms with Crippen molar-refractivity contribution < 1.29 is 19.4 Å². The maximum atomic E-state index is 12.3.